The molecular weight excluding hydrogens is 186 g/mol. The van der Waals surface area contributed by atoms with Gasteiger partial charge in [-0.25, -0.2) is 0 Å². The van der Waals surface area contributed by atoms with Gasteiger partial charge in [0.15, 0.2) is 5.22 Å². The predicted octanol–water partition coefficient (Wildman–Crippen LogP) is 2.82. The molecule has 0 spiro atoms. The minimum atomic E-state index is 0.471. The molecule has 1 heterocycles. The quantitative estimate of drug-likeness (QED) is 0.810. The Balaban J connectivity index is 1.74. The molecule has 13 heavy (non-hydrogen) atoms. The average Bonchev–Trinajstić information content (AvgIpc) is 2.43. The van der Waals surface area contributed by atoms with E-state index in [0.717, 1.165) is 18.2 Å². The van der Waals surface area contributed by atoms with Crippen LogP contribution in [0.3, 0.4) is 0 Å². The summed E-state index contributed by atoms with van der Waals surface area (Å²) in [5.41, 5.74) is 0. The van der Waals surface area contributed by atoms with Gasteiger partial charge in [0, 0.05) is 6.04 Å². The van der Waals surface area contributed by atoms with E-state index in [4.69, 9.17) is 16.0 Å². The van der Waals surface area contributed by atoms with E-state index in [1.807, 2.05) is 6.07 Å². The van der Waals surface area contributed by atoms with Gasteiger partial charge in [0.05, 0.1) is 6.54 Å². The molecule has 0 amide bonds. The van der Waals surface area contributed by atoms with Crippen molar-refractivity contribution < 1.29 is 4.42 Å². The summed E-state index contributed by atoms with van der Waals surface area (Å²) >= 11 is 5.65. The smallest absolute Gasteiger partial charge is 0.193 e. The normalized spacial score (nSPS) is 27.2. The van der Waals surface area contributed by atoms with E-state index in [-0.39, 0.29) is 0 Å². The average molecular weight is 200 g/mol. The summed E-state index contributed by atoms with van der Waals surface area (Å²) in [6.45, 7) is 3.08. The van der Waals surface area contributed by atoms with Crippen LogP contribution in [0.4, 0.5) is 0 Å². The second-order valence-corrected chi connectivity index (χ2v) is 4.23. The molecule has 1 aromatic rings. The second kappa shape index (κ2) is 3.72. The summed E-state index contributed by atoms with van der Waals surface area (Å²) in [7, 11) is 0. The number of furan rings is 1. The molecule has 1 saturated carbocycles. The van der Waals surface area contributed by atoms with Crippen molar-refractivity contribution in [3.63, 3.8) is 0 Å². The molecule has 0 aliphatic heterocycles. The van der Waals surface area contributed by atoms with Crippen molar-refractivity contribution in [2.45, 2.75) is 32.4 Å². The molecule has 0 bridgehead atoms. The standard InChI is InChI=1S/C10H14ClNO/c1-7-4-8(5-7)12-6-9-2-3-10(11)13-9/h2-3,7-8,12H,4-6H2,1H3. The van der Waals surface area contributed by atoms with Crippen molar-refractivity contribution in [1.82, 2.24) is 5.32 Å². The van der Waals surface area contributed by atoms with Crippen molar-refractivity contribution in [1.29, 1.82) is 0 Å². The Hall–Kier alpha value is -0.470. The van der Waals surface area contributed by atoms with Crippen LogP contribution in [-0.2, 0) is 6.54 Å². The fourth-order valence-electron chi connectivity index (χ4n) is 1.76. The van der Waals surface area contributed by atoms with Crippen LogP contribution in [0.15, 0.2) is 16.5 Å². The zero-order chi connectivity index (χ0) is 9.26. The molecule has 0 unspecified atom stereocenters. The second-order valence-electron chi connectivity index (χ2n) is 3.86. The van der Waals surface area contributed by atoms with Gasteiger partial charge in [-0.15, -0.1) is 0 Å². The van der Waals surface area contributed by atoms with Gasteiger partial charge in [0.25, 0.3) is 0 Å². The summed E-state index contributed by atoms with van der Waals surface area (Å²) < 4.78 is 5.23. The van der Waals surface area contributed by atoms with Gasteiger partial charge in [-0.05, 0) is 42.5 Å². The molecule has 1 aromatic heterocycles. The zero-order valence-electron chi connectivity index (χ0n) is 7.72. The first kappa shape index (κ1) is 9.10. The fourth-order valence-corrected chi connectivity index (χ4v) is 1.92. The molecule has 3 heteroatoms. The van der Waals surface area contributed by atoms with E-state index >= 15 is 0 Å². The third-order valence-electron chi connectivity index (χ3n) is 2.57. The van der Waals surface area contributed by atoms with E-state index in [1.54, 1.807) is 6.07 Å². The molecular formula is C10H14ClNO. The lowest BCUT2D eigenvalue weighted by atomic mass is 9.82. The number of nitrogens with one attached hydrogen (secondary N) is 1. The van der Waals surface area contributed by atoms with E-state index in [2.05, 4.69) is 12.2 Å². The number of halogens is 1. The molecule has 0 aromatic carbocycles. The fraction of sp³-hybridized carbons (Fsp3) is 0.600. The Kier molecular flexibility index (Phi) is 2.61. The Morgan fingerprint density at radius 2 is 2.31 bits per heavy atom. The lowest BCUT2D eigenvalue weighted by molar-refractivity contribution is 0.235. The van der Waals surface area contributed by atoms with Crippen LogP contribution < -0.4 is 5.32 Å². The Morgan fingerprint density at radius 3 is 2.85 bits per heavy atom. The Labute approximate surface area is 83.3 Å². The van der Waals surface area contributed by atoms with Gasteiger partial charge in [-0.1, -0.05) is 6.92 Å². The number of hydrogen-bond acceptors (Lipinski definition) is 2. The molecule has 1 aliphatic rings. The molecule has 2 nitrogen and oxygen atoms in total. The maximum atomic E-state index is 5.65. The van der Waals surface area contributed by atoms with Gasteiger partial charge >= 0.3 is 0 Å². The van der Waals surface area contributed by atoms with Crippen LogP contribution in [0.2, 0.25) is 5.22 Å². The molecule has 1 N–H and O–H groups in total. The first-order chi connectivity index (χ1) is 6.24. The van der Waals surface area contributed by atoms with E-state index < -0.39 is 0 Å². The maximum Gasteiger partial charge on any atom is 0.193 e. The summed E-state index contributed by atoms with van der Waals surface area (Å²) in [6.07, 6.45) is 2.57. The molecule has 1 fully saturated rings. The molecule has 0 atom stereocenters. The summed E-state index contributed by atoms with van der Waals surface area (Å²) in [4.78, 5) is 0. The van der Waals surface area contributed by atoms with Crippen molar-refractivity contribution in [2.24, 2.45) is 5.92 Å². The molecule has 72 valence electrons. The third kappa shape index (κ3) is 2.26. The van der Waals surface area contributed by atoms with Crippen LogP contribution in [0.5, 0.6) is 0 Å². The first-order valence-electron chi connectivity index (χ1n) is 4.71. The van der Waals surface area contributed by atoms with Crippen molar-refractivity contribution in [2.75, 3.05) is 0 Å². The van der Waals surface area contributed by atoms with Crippen molar-refractivity contribution in [3.8, 4) is 0 Å². The zero-order valence-corrected chi connectivity index (χ0v) is 8.47. The monoisotopic (exact) mass is 199 g/mol. The van der Waals surface area contributed by atoms with Crippen LogP contribution >= 0.6 is 11.6 Å². The maximum absolute atomic E-state index is 5.65. The first-order valence-corrected chi connectivity index (χ1v) is 5.09. The van der Waals surface area contributed by atoms with E-state index in [1.165, 1.54) is 12.8 Å². The Morgan fingerprint density at radius 1 is 1.54 bits per heavy atom. The van der Waals surface area contributed by atoms with E-state index in [9.17, 15) is 0 Å². The molecule has 0 saturated heterocycles. The molecule has 2 rings (SSSR count). The van der Waals surface area contributed by atoms with Crippen molar-refractivity contribution >= 4 is 11.6 Å². The highest BCUT2D eigenvalue weighted by Crippen LogP contribution is 2.26. The van der Waals surface area contributed by atoms with Crippen molar-refractivity contribution in [3.05, 3.63) is 23.1 Å². The number of rotatable bonds is 3. The highest BCUT2D eigenvalue weighted by molar-refractivity contribution is 6.28. The molecule has 1 aliphatic carbocycles. The van der Waals surface area contributed by atoms with Crippen LogP contribution in [0.1, 0.15) is 25.5 Å². The van der Waals surface area contributed by atoms with Gasteiger partial charge in [-0.3, -0.25) is 0 Å². The van der Waals surface area contributed by atoms with Gasteiger partial charge < -0.3 is 9.73 Å². The van der Waals surface area contributed by atoms with Crippen LogP contribution in [-0.4, -0.2) is 6.04 Å². The summed E-state index contributed by atoms with van der Waals surface area (Å²) in [5.74, 6) is 1.81. The number of hydrogen-bond donors (Lipinski definition) is 1. The molecule has 0 radical (unpaired) electrons. The topological polar surface area (TPSA) is 25.2 Å². The van der Waals surface area contributed by atoms with Gasteiger partial charge in [0.1, 0.15) is 5.76 Å². The largest absolute Gasteiger partial charge is 0.448 e. The van der Waals surface area contributed by atoms with Crippen LogP contribution in [0.25, 0.3) is 0 Å². The minimum absolute atomic E-state index is 0.471. The highest BCUT2D eigenvalue weighted by Gasteiger charge is 2.24. The lowest BCUT2D eigenvalue weighted by Crippen LogP contribution is -2.39. The minimum Gasteiger partial charge on any atom is -0.448 e. The predicted molar refractivity (Wildman–Crippen MR) is 52.7 cm³/mol. The third-order valence-corrected chi connectivity index (χ3v) is 2.77. The lowest BCUT2D eigenvalue weighted by Gasteiger charge is -2.33. The van der Waals surface area contributed by atoms with Gasteiger partial charge in [-0.2, -0.15) is 0 Å². The Bertz CT molecular complexity index is 278. The highest BCUT2D eigenvalue weighted by atomic mass is 35.5. The summed E-state index contributed by atoms with van der Waals surface area (Å²) in [6, 6.07) is 4.37. The van der Waals surface area contributed by atoms with E-state index in [0.29, 0.717) is 11.3 Å². The van der Waals surface area contributed by atoms with Crippen LogP contribution in [0, 0.1) is 5.92 Å². The SMILES string of the molecule is CC1CC(NCc2ccc(Cl)o2)C1. The van der Waals surface area contributed by atoms with Gasteiger partial charge in [0.2, 0.25) is 0 Å². The summed E-state index contributed by atoms with van der Waals surface area (Å²) in [5, 5.41) is 3.90.